The van der Waals surface area contributed by atoms with Gasteiger partial charge in [-0.05, 0) is 44.2 Å². The van der Waals surface area contributed by atoms with Crippen LogP contribution in [0.3, 0.4) is 0 Å². The highest BCUT2D eigenvalue weighted by Crippen LogP contribution is 2.31. The lowest BCUT2D eigenvalue weighted by molar-refractivity contribution is -0.121. The fourth-order valence-corrected chi connectivity index (χ4v) is 5.87. The molecular weight excluding hydrogens is 572 g/mol. The van der Waals surface area contributed by atoms with Gasteiger partial charge in [0.2, 0.25) is 5.91 Å². The fraction of sp³-hybridized carbons (Fsp3) is 0.300. The van der Waals surface area contributed by atoms with Crippen LogP contribution in [0.1, 0.15) is 21.3 Å². The number of aromatic nitrogens is 2. The minimum absolute atomic E-state index is 0. The zero-order chi connectivity index (χ0) is 29.9. The van der Waals surface area contributed by atoms with Crippen LogP contribution in [0.2, 0.25) is 0 Å². The number of fused-ring (bicyclic) bond motifs is 1. The van der Waals surface area contributed by atoms with Gasteiger partial charge in [0.25, 0.3) is 10.0 Å². The molecule has 3 aromatic carbocycles. The number of methoxy groups -OCH3 is 1. The molecule has 4 aromatic rings. The van der Waals surface area contributed by atoms with Gasteiger partial charge in [-0.3, -0.25) is 14.4 Å². The van der Waals surface area contributed by atoms with E-state index in [0.717, 1.165) is 0 Å². The molecule has 0 aliphatic carbocycles. The molecule has 2 atom stereocenters. The van der Waals surface area contributed by atoms with Gasteiger partial charge >= 0.3 is 0 Å². The molecule has 1 aliphatic rings. The van der Waals surface area contributed by atoms with Crippen molar-refractivity contribution in [3.05, 3.63) is 66.7 Å². The molecule has 12 nitrogen and oxygen atoms in total. The van der Waals surface area contributed by atoms with E-state index in [1.54, 1.807) is 42.5 Å². The average Bonchev–Trinajstić information content (AvgIpc) is 2.92. The van der Waals surface area contributed by atoms with E-state index in [1.165, 1.54) is 31.4 Å². The van der Waals surface area contributed by atoms with Crippen molar-refractivity contribution in [1.82, 2.24) is 14.9 Å². The molecule has 4 N–H and O–H groups in total. The smallest absolute Gasteiger partial charge is 0.263 e. The Labute approximate surface area is 251 Å². The zero-order valence-electron chi connectivity index (χ0n) is 23.4. The van der Waals surface area contributed by atoms with Crippen molar-refractivity contribution < 1.29 is 27.8 Å². The molecule has 1 amide bonds. The van der Waals surface area contributed by atoms with Gasteiger partial charge in [-0.25, -0.2) is 18.4 Å². The maximum atomic E-state index is 13.5. The Morgan fingerprint density at radius 1 is 0.977 bits per heavy atom. The summed E-state index contributed by atoms with van der Waals surface area (Å²) in [6.45, 7) is 5.35. The first-order valence-corrected chi connectivity index (χ1v) is 14.8. The van der Waals surface area contributed by atoms with Crippen LogP contribution in [0.4, 0.5) is 23.0 Å². The molecule has 5 rings (SSSR count). The quantitative estimate of drug-likeness (QED) is 0.212. The molecule has 0 radical (unpaired) electrons. The Bertz CT molecular complexity index is 1710. The second-order valence-corrected chi connectivity index (χ2v) is 11.8. The number of carbonyl (C=O) groups is 1. The summed E-state index contributed by atoms with van der Waals surface area (Å²) in [5.41, 5.74) is 1.75. The number of morpholine rings is 1. The number of amides is 1. The first-order valence-electron chi connectivity index (χ1n) is 13.3. The van der Waals surface area contributed by atoms with Crippen LogP contribution in [0.25, 0.3) is 11.0 Å². The van der Waals surface area contributed by atoms with E-state index >= 15 is 0 Å². The van der Waals surface area contributed by atoms with Crippen molar-refractivity contribution in [3.63, 3.8) is 0 Å². The number of rotatable bonds is 9. The molecule has 2 heterocycles. The molecular formula is C30H36N6O6S. The lowest BCUT2D eigenvalue weighted by Gasteiger charge is -2.34. The van der Waals surface area contributed by atoms with E-state index in [0.29, 0.717) is 41.2 Å². The molecule has 0 spiro atoms. The molecule has 43 heavy (non-hydrogen) atoms. The number of nitrogens with one attached hydrogen (secondary N) is 3. The standard InChI is InChI=1S/C29H32N6O6S.CH4/c1-18-15-35(16-19(2)41-18)17-27(37)30-20-7-6-8-24(13-20)42(38,39)34-29-28(32-25-9-4-5-10-26(25)33-29)31-21-11-22(36)14-23(12-21)40-3;/h4-14,18-19,36H,15-17H2,1-3H3,(H,30,37)(H,31,32)(H,33,34);1H4. The highest BCUT2D eigenvalue weighted by Gasteiger charge is 2.24. The van der Waals surface area contributed by atoms with Crippen molar-refractivity contribution in [1.29, 1.82) is 0 Å². The topological polar surface area (TPSA) is 155 Å². The van der Waals surface area contributed by atoms with Gasteiger partial charge in [0.15, 0.2) is 11.6 Å². The van der Waals surface area contributed by atoms with Gasteiger partial charge in [-0.1, -0.05) is 25.6 Å². The van der Waals surface area contributed by atoms with Gasteiger partial charge in [0, 0.05) is 42.7 Å². The molecule has 1 fully saturated rings. The van der Waals surface area contributed by atoms with Crippen molar-refractivity contribution >= 4 is 50.0 Å². The fourth-order valence-electron chi connectivity index (χ4n) is 4.81. The van der Waals surface area contributed by atoms with Crippen LogP contribution >= 0.6 is 0 Å². The predicted molar refractivity (Wildman–Crippen MR) is 167 cm³/mol. The van der Waals surface area contributed by atoms with Gasteiger partial charge in [-0.2, -0.15) is 0 Å². The van der Waals surface area contributed by atoms with Crippen molar-refractivity contribution in [2.24, 2.45) is 0 Å². The van der Waals surface area contributed by atoms with Crippen molar-refractivity contribution in [2.45, 2.75) is 38.4 Å². The average molecular weight is 609 g/mol. The summed E-state index contributed by atoms with van der Waals surface area (Å²) < 4.78 is 40.5. The highest BCUT2D eigenvalue weighted by atomic mass is 32.2. The summed E-state index contributed by atoms with van der Waals surface area (Å²) in [6.07, 6.45) is 0.0431. The monoisotopic (exact) mass is 608 g/mol. The number of anilines is 4. The Kier molecular flexibility index (Phi) is 9.69. The maximum absolute atomic E-state index is 13.5. The summed E-state index contributed by atoms with van der Waals surface area (Å²) in [4.78, 5) is 23.7. The summed E-state index contributed by atoms with van der Waals surface area (Å²) >= 11 is 0. The number of phenols is 1. The lowest BCUT2D eigenvalue weighted by atomic mass is 10.2. The number of ether oxygens (including phenoxy) is 2. The zero-order valence-corrected chi connectivity index (χ0v) is 24.2. The number of carbonyl (C=O) groups excluding carboxylic acids is 1. The van der Waals surface area contributed by atoms with Crippen LogP contribution < -0.4 is 20.1 Å². The summed E-state index contributed by atoms with van der Waals surface area (Å²) in [5, 5.41) is 15.9. The first kappa shape index (κ1) is 31.5. The minimum atomic E-state index is -4.16. The van der Waals surface area contributed by atoms with Gasteiger partial charge in [0.05, 0.1) is 41.8 Å². The summed E-state index contributed by atoms with van der Waals surface area (Å²) in [6, 6.07) is 17.5. The molecule has 228 valence electrons. The number of sulfonamides is 1. The third kappa shape index (κ3) is 7.89. The number of hydrogen-bond acceptors (Lipinski definition) is 10. The first-order chi connectivity index (χ1) is 20.1. The number of para-hydroxylation sites is 2. The SMILES string of the molecule is C.COc1cc(O)cc(Nc2nc3ccccc3nc2NS(=O)(=O)c2cccc(NC(=O)CN3CC(C)OC(C)C3)c2)c1. The second kappa shape index (κ2) is 13.2. The lowest BCUT2D eigenvalue weighted by Crippen LogP contribution is -2.48. The molecule has 0 bridgehead atoms. The number of aromatic hydroxyl groups is 1. The molecule has 2 unspecified atom stereocenters. The molecule has 1 saturated heterocycles. The maximum Gasteiger partial charge on any atom is 0.263 e. The van der Waals surface area contributed by atoms with E-state index in [-0.39, 0.29) is 54.4 Å². The van der Waals surface area contributed by atoms with E-state index in [2.05, 4.69) is 25.3 Å². The Morgan fingerprint density at radius 2 is 1.65 bits per heavy atom. The van der Waals surface area contributed by atoms with E-state index < -0.39 is 10.0 Å². The van der Waals surface area contributed by atoms with Crippen LogP contribution in [0.15, 0.2) is 71.6 Å². The van der Waals surface area contributed by atoms with Gasteiger partial charge in [-0.15, -0.1) is 0 Å². The third-order valence-corrected chi connectivity index (χ3v) is 7.82. The second-order valence-electron chi connectivity index (χ2n) is 10.1. The van der Waals surface area contributed by atoms with E-state index in [4.69, 9.17) is 9.47 Å². The van der Waals surface area contributed by atoms with Crippen LogP contribution in [-0.4, -0.2) is 73.3 Å². The normalized spacial score (nSPS) is 17.1. The van der Waals surface area contributed by atoms with Crippen molar-refractivity contribution in [2.75, 3.05) is 42.1 Å². The van der Waals surface area contributed by atoms with E-state index in [9.17, 15) is 18.3 Å². The van der Waals surface area contributed by atoms with Gasteiger partial charge in [0.1, 0.15) is 11.5 Å². The molecule has 13 heteroatoms. The number of benzene rings is 3. The molecule has 1 aromatic heterocycles. The summed E-state index contributed by atoms with van der Waals surface area (Å²) in [5.74, 6) is 0.144. The van der Waals surface area contributed by atoms with Crippen LogP contribution in [-0.2, 0) is 19.6 Å². The van der Waals surface area contributed by atoms with Crippen LogP contribution in [0, 0.1) is 0 Å². The Hall–Kier alpha value is -4.46. The third-order valence-electron chi connectivity index (χ3n) is 6.48. The van der Waals surface area contributed by atoms with Gasteiger partial charge < -0.3 is 25.2 Å². The number of phenolic OH excluding ortho intramolecular Hbond substituents is 1. The Morgan fingerprint density at radius 3 is 2.33 bits per heavy atom. The Balaban J connectivity index is 0.00000423. The number of hydrogen-bond donors (Lipinski definition) is 4. The molecule has 1 aliphatic heterocycles. The van der Waals surface area contributed by atoms with Crippen LogP contribution in [0.5, 0.6) is 11.5 Å². The van der Waals surface area contributed by atoms with E-state index in [1.807, 2.05) is 18.7 Å². The largest absolute Gasteiger partial charge is 0.508 e. The number of nitrogens with zero attached hydrogens (tertiary/aromatic N) is 3. The van der Waals surface area contributed by atoms with Crippen molar-refractivity contribution in [3.8, 4) is 11.5 Å². The summed E-state index contributed by atoms with van der Waals surface area (Å²) in [7, 11) is -2.70. The highest BCUT2D eigenvalue weighted by molar-refractivity contribution is 7.92. The minimum Gasteiger partial charge on any atom is -0.508 e. The molecule has 0 saturated carbocycles. The predicted octanol–water partition coefficient (Wildman–Crippen LogP) is 4.57.